The number of hydrogen-bond acceptors (Lipinski definition) is 1. The van der Waals surface area contributed by atoms with Crippen LogP contribution in [-0.2, 0) is 9.90 Å². The Bertz CT molecular complexity index is 101. The molecular weight excluding hydrogens is 132 g/mol. The van der Waals surface area contributed by atoms with Crippen molar-refractivity contribution in [2.24, 2.45) is 0 Å². The van der Waals surface area contributed by atoms with Crippen molar-refractivity contribution >= 4 is 5.97 Å². The number of rotatable bonds is 5. The van der Waals surface area contributed by atoms with Crippen molar-refractivity contribution in [3.8, 4) is 0 Å². The smallest absolute Gasteiger partial charge is 0.306 e. The molecule has 0 heterocycles. The molecule has 10 heavy (non-hydrogen) atoms. The van der Waals surface area contributed by atoms with E-state index in [1.54, 1.807) is 0 Å². The van der Waals surface area contributed by atoms with Gasteiger partial charge < -0.3 is 5.11 Å². The minimum atomic E-state index is -0.990. The highest BCUT2D eigenvalue weighted by atomic mass is 16.4. The molecule has 3 heteroatoms. The van der Waals surface area contributed by atoms with Gasteiger partial charge in [0.1, 0.15) is 6.10 Å². The van der Waals surface area contributed by atoms with E-state index in [-0.39, 0.29) is 6.42 Å². The molecule has 0 aliphatic carbocycles. The van der Waals surface area contributed by atoms with Crippen LogP contribution in [-0.4, -0.2) is 17.2 Å². The number of carboxylic acids is 1. The van der Waals surface area contributed by atoms with Crippen LogP contribution < -0.4 is 0 Å². The first-order valence-corrected chi connectivity index (χ1v) is 3.54. The first kappa shape index (κ1) is 9.43. The predicted molar refractivity (Wildman–Crippen MR) is 36.3 cm³/mol. The highest BCUT2D eigenvalue weighted by Gasteiger charge is 2.09. The SMILES string of the molecule is CCCCC([O])CC(=O)O. The lowest BCUT2D eigenvalue weighted by Crippen LogP contribution is -2.10. The second-order valence-electron chi connectivity index (χ2n) is 2.36. The van der Waals surface area contributed by atoms with Gasteiger partial charge in [-0.2, -0.15) is 0 Å². The van der Waals surface area contributed by atoms with E-state index in [1.807, 2.05) is 6.92 Å². The van der Waals surface area contributed by atoms with Crippen molar-refractivity contribution in [3.63, 3.8) is 0 Å². The number of unbranched alkanes of at least 4 members (excludes halogenated alkanes) is 1. The molecule has 0 saturated carbocycles. The summed E-state index contributed by atoms with van der Waals surface area (Å²) < 4.78 is 0. The molecule has 0 aromatic carbocycles. The lowest BCUT2D eigenvalue weighted by atomic mass is 10.1. The molecule has 0 aliphatic rings. The summed E-state index contributed by atoms with van der Waals surface area (Å²) in [6.07, 6.45) is 1.14. The molecule has 0 saturated heterocycles. The summed E-state index contributed by atoms with van der Waals surface area (Å²) in [5, 5.41) is 18.9. The molecule has 1 unspecified atom stereocenters. The fraction of sp³-hybridized carbons (Fsp3) is 0.857. The summed E-state index contributed by atoms with van der Waals surface area (Å²) in [5.74, 6) is -0.990. The maximum Gasteiger partial charge on any atom is 0.306 e. The highest BCUT2D eigenvalue weighted by molar-refractivity contribution is 5.67. The fourth-order valence-electron chi connectivity index (χ4n) is 0.729. The van der Waals surface area contributed by atoms with E-state index in [9.17, 15) is 9.90 Å². The largest absolute Gasteiger partial charge is 0.481 e. The van der Waals surface area contributed by atoms with E-state index >= 15 is 0 Å². The van der Waals surface area contributed by atoms with Crippen LogP contribution in [0, 0.1) is 0 Å². The predicted octanol–water partition coefficient (Wildman–Crippen LogP) is 1.45. The third kappa shape index (κ3) is 5.56. The molecule has 0 amide bonds. The fourth-order valence-corrected chi connectivity index (χ4v) is 0.729. The van der Waals surface area contributed by atoms with Crippen molar-refractivity contribution in [2.75, 3.05) is 0 Å². The standard InChI is InChI=1S/C7H13O3/c1-2-3-4-6(8)5-7(9)10/h6H,2-5H2,1H3,(H,9,10). The van der Waals surface area contributed by atoms with Crippen LogP contribution in [0.25, 0.3) is 0 Å². The van der Waals surface area contributed by atoms with Crippen molar-refractivity contribution in [2.45, 2.75) is 38.7 Å². The zero-order valence-electron chi connectivity index (χ0n) is 6.17. The van der Waals surface area contributed by atoms with E-state index in [0.717, 1.165) is 12.8 Å². The lowest BCUT2D eigenvalue weighted by Gasteiger charge is -2.01. The summed E-state index contributed by atoms with van der Waals surface area (Å²) in [6, 6.07) is 0. The molecule has 1 N–H and O–H groups in total. The summed E-state index contributed by atoms with van der Waals surface area (Å²) >= 11 is 0. The number of carboxylic acid groups (broad SMARTS) is 1. The molecule has 0 bridgehead atoms. The van der Waals surface area contributed by atoms with Crippen LogP contribution in [0.1, 0.15) is 32.6 Å². The van der Waals surface area contributed by atoms with Crippen LogP contribution in [0.2, 0.25) is 0 Å². The third-order valence-electron chi connectivity index (χ3n) is 1.28. The Morgan fingerprint density at radius 3 is 2.60 bits per heavy atom. The van der Waals surface area contributed by atoms with Gasteiger partial charge >= 0.3 is 5.97 Å². The van der Waals surface area contributed by atoms with Crippen molar-refractivity contribution in [1.29, 1.82) is 0 Å². The molecule has 3 nitrogen and oxygen atoms in total. The molecule has 0 rings (SSSR count). The average molecular weight is 145 g/mol. The highest BCUT2D eigenvalue weighted by Crippen LogP contribution is 2.03. The molecule has 59 valence electrons. The Morgan fingerprint density at radius 1 is 1.60 bits per heavy atom. The Labute approximate surface area is 60.7 Å². The molecule has 1 atom stereocenters. The Morgan fingerprint density at radius 2 is 2.20 bits per heavy atom. The summed E-state index contributed by atoms with van der Waals surface area (Å²) in [6.45, 7) is 1.98. The van der Waals surface area contributed by atoms with Gasteiger partial charge in [-0.1, -0.05) is 19.8 Å². The quantitative estimate of drug-likeness (QED) is 0.636. The van der Waals surface area contributed by atoms with Gasteiger partial charge in [-0.05, 0) is 6.42 Å². The van der Waals surface area contributed by atoms with Crippen LogP contribution in [0.15, 0.2) is 0 Å². The molecule has 0 fully saturated rings. The number of aliphatic carboxylic acids is 1. The number of carbonyl (C=O) groups is 1. The van der Waals surface area contributed by atoms with E-state index < -0.39 is 12.1 Å². The van der Waals surface area contributed by atoms with E-state index in [2.05, 4.69) is 0 Å². The Balaban J connectivity index is 3.25. The van der Waals surface area contributed by atoms with E-state index in [1.165, 1.54) is 0 Å². The molecule has 1 radical (unpaired) electrons. The van der Waals surface area contributed by atoms with E-state index in [4.69, 9.17) is 5.11 Å². The van der Waals surface area contributed by atoms with Gasteiger partial charge in [-0.25, -0.2) is 5.11 Å². The van der Waals surface area contributed by atoms with Crippen LogP contribution in [0.4, 0.5) is 0 Å². The number of hydrogen-bond donors (Lipinski definition) is 1. The topological polar surface area (TPSA) is 57.2 Å². The maximum atomic E-state index is 10.7. The summed E-state index contributed by atoms with van der Waals surface area (Å²) in [4.78, 5) is 9.97. The summed E-state index contributed by atoms with van der Waals surface area (Å²) in [5.41, 5.74) is 0. The van der Waals surface area contributed by atoms with Gasteiger partial charge in [-0.3, -0.25) is 4.79 Å². The monoisotopic (exact) mass is 145 g/mol. The molecule has 0 spiro atoms. The van der Waals surface area contributed by atoms with Crippen molar-refractivity contribution in [1.82, 2.24) is 0 Å². The van der Waals surface area contributed by atoms with Gasteiger partial charge in [0.25, 0.3) is 0 Å². The maximum absolute atomic E-state index is 10.7. The van der Waals surface area contributed by atoms with Gasteiger partial charge in [0.15, 0.2) is 0 Å². The van der Waals surface area contributed by atoms with Gasteiger partial charge in [0.05, 0.1) is 6.42 Å². The van der Waals surface area contributed by atoms with Crippen molar-refractivity contribution in [3.05, 3.63) is 0 Å². The molecule has 0 aromatic heterocycles. The first-order chi connectivity index (χ1) is 4.66. The minimum Gasteiger partial charge on any atom is -0.481 e. The van der Waals surface area contributed by atoms with Gasteiger partial charge in [-0.15, -0.1) is 0 Å². The lowest BCUT2D eigenvalue weighted by molar-refractivity contribution is -0.140. The minimum absolute atomic E-state index is 0.236. The second-order valence-corrected chi connectivity index (χ2v) is 2.36. The first-order valence-electron chi connectivity index (χ1n) is 3.54. The normalized spacial score (nSPS) is 13.0. The summed E-state index contributed by atoms with van der Waals surface area (Å²) in [7, 11) is 0. The van der Waals surface area contributed by atoms with Crippen LogP contribution in [0.5, 0.6) is 0 Å². The molecule has 0 aromatic rings. The average Bonchev–Trinajstić information content (AvgIpc) is 1.82. The Kier molecular flexibility index (Phi) is 4.94. The van der Waals surface area contributed by atoms with Crippen LogP contribution in [0.3, 0.4) is 0 Å². The van der Waals surface area contributed by atoms with Gasteiger partial charge in [0.2, 0.25) is 0 Å². The third-order valence-corrected chi connectivity index (χ3v) is 1.28. The van der Waals surface area contributed by atoms with E-state index in [0.29, 0.717) is 6.42 Å². The second kappa shape index (κ2) is 5.23. The zero-order valence-corrected chi connectivity index (χ0v) is 6.17. The van der Waals surface area contributed by atoms with Crippen molar-refractivity contribution < 1.29 is 15.0 Å². The Hall–Kier alpha value is -0.570. The van der Waals surface area contributed by atoms with Gasteiger partial charge in [0, 0.05) is 0 Å². The molecule has 0 aliphatic heterocycles. The zero-order chi connectivity index (χ0) is 7.98. The van der Waals surface area contributed by atoms with Crippen LogP contribution >= 0.6 is 0 Å². The molecular formula is C7H13O3.